The summed E-state index contributed by atoms with van der Waals surface area (Å²) in [4.78, 5) is 36.4. The molecule has 0 spiro atoms. The monoisotopic (exact) mass is 452 g/mol. The number of aliphatic carboxylic acids is 1. The normalized spacial score (nSPS) is 16.3. The molecule has 1 fully saturated rings. The molecule has 0 radical (unpaired) electrons. The SMILES string of the molecule is COCC1(NC(=O)C(CCC(=O)O)NC(=O)OCC2c3ccccc3-c3ccccc32)CC1. The second-order valence-electron chi connectivity index (χ2n) is 8.66. The van der Waals surface area contributed by atoms with Gasteiger partial charge in [0.05, 0.1) is 12.1 Å². The Morgan fingerprint density at radius 2 is 1.67 bits per heavy atom. The second-order valence-corrected chi connectivity index (χ2v) is 8.66. The van der Waals surface area contributed by atoms with Crippen LogP contribution in [0.3, 0.4) is 0 Å². The summed E-state index contributed by atoms with van der Waals surface area (Å²) >= 11 is 0. The Bertz CT molecular complexity index is 1000. The molecule has 2 aliphatic carbocycles. The zero-order chi connectivity index (χ0) is 23.4. The van der Waals surface area contributed by atoms with Gasteiger partial charge in [0.1, 0.15) is 12.6 Å². The molecule has 2 amide bonds. The highest BCUT2D eigenvalue weighted by Crippen LogP contribution is 2.44. The Morgan fingerprint density at radius 1 is 1.06 bits per heavy atom. The van der Waals surface area contributed by atoms with E-state index in [0.29, 0.717) is 6.61 Å². The van der Waals surface area contributed by atoms with E-state index in [1.54, 1.807) is 7.11 Å². The van der Waals surface area contributed by atoms with Crippen LogP contribution in [0.2, 0.25) is 0 Å². The summed E-state index contributed by atoms with van der Waals surface area (Å²) in [5.41, 5.74) is 3.97. The van der Waals surface area contributed by atoms with Crippen LogP contribution in [0, 0.1) is 0 Å². The lowest BCUT2D eigenvalue weighted by molar-refractivity contribution is -0.137. The zero-order valence-corrected chi connectivity index (χ0v) is 18.5. The number of carboxylic acid groups (broad SMARTS) is 1. The van der Waals surface area contributed by atoms with Crippen molar-refractivity contribution in [3.8, 4) is 11.1 Å². The lowest BCUT2D eigenvalue weighted by Crippen LogP contribution is -2.52. The van der Waals surface area contributed by atoms with Crippen LogP contribution in [0.1, 0.15) is 42.7 Å². The molecular formula is C25H28N2O6. The average Bonchev–Trinajstić information content (AvgIpc) is 3.48. The van der Waals surface area contributed by atoms with Gasteiger partial charge in [0.15, 0.2) is 0 Å². The van der Waals surface area contributed by atoms with Crippen molar-refractivity contribution in [2.75, 3.05) is 20.3 Å². The van der Waals surface area contributed by atoms with E-state index in [0.717, 1.165) is 35.1 Å². The van der Waals surface area contributed by atoms with Gasteiger partial charge in [-0.25, -0.2) is 4.79 Å². The minimum absolute atomic E-state index is 0.0333. The molecule has 0 saturated heterocycles. The highest BCUT2D eigenvalue weighted by atomic mass is 16.5. The van der Waals surface area contributed by atoms with Gasteiger partial charge in [-0.2, -0.15) is 0 Å². The minimum Gasteiger partial charge on any atom is -0.481 e. The summed E-state index contributed by atoms with van der Waals surface area (Å²) in [7, 11) is 1.56. The zero-order valence-electron chi connectivity index (χ0n) is 18.5. The number of methoxy groups -OCH3 is 1. The van der Waals surface area contributed by atoms with Crippen molar-refractivity contribution in [1.29, 1.82) is 0 Å². The molecular weight excluding hydrogens is 424 g/mol. The van der Waals surface area contributed by atoms with Gasteiger partial charge in [-0.3, -0.25) is 9.59 Å². The van der Waals surface area contributed by atoms with Crippen LogP contribution in [0.15, 0.2) is 48.5 Å². The van der Waals surface area contributed by atoms with Crippen molar-refractivity contribution in [2.24, 2.45) is 0 Å². The molecule has 0 aromatic heterocycles. The van der Waals surface area contributed by atoms with Gasteiger partial charge in [0, 0.05) is 19.4 Å². The van der Waals surface area contributed by atoms with Crippen molar-refractivity contribution < 1.29 is 29.0 Å². The summed E-state index contributed by atoms with van der Waals surface area (Å²) in [6.45, 7) is 0.482. The van der Waals surface area contributed by atoms with Crippen LogP contribution in [-0.2, 0) is 19.1 Å². The summed E-state index contributed by atoms with van der Waals surface area (Å²) in [5, 5.41) is 14.5. The summed E-state index contributed by atoms with van der Waals surface area (Å²) in [6.07, 6.45) is 0.527. The Hall–Kier alpha value is -3.39. The van der Waals surface area contributed by atoms with Gasteiger partial charge >= 0.3 is 12.1 Å². The van der Waals surface area contributed by atoms with E-state index in [2.05, 4.69) is 10.6 Å². The maximum atomic E-state index is 12.8. The molecule has 3 N–H and O–H groups in total. The highest BCUT2D eigenvalue weighted by Gasteiger charge is 2.45. The number of rotatable bonds is 10. The molecule has 1 atom stereocenters. The fraction of sp³-hybridized carbons (Fsp3) is 0.400. The first-order chi connectivity index (χ1) is 15.9. The van der Waals surface area contributed by atoms with E-state index < -0.39 is 29.6 Å². The number of carboxylic acids is 1. The molecule has 33 heavy (non-hydrogen) atoms. The average molecular weight is 453 g/mol. The molecule has 0 heterocycles. The molecule has 1 saturated carbocycles. The Balaban J connectivity index is 1.40. The number of ether oxygens (including phenoxy) is 2. The summed E-state index contributed by atoms with van der Waals surface area (Å²) < 4.78 is 10.7. The molecule has 4 rings (SSSR count). The predicted octanol–water partition coefficient (Wildman–Crippen LogP) is 3.05. The molecule has 8 heteroatoms. The Kier molecular flexibility index (Phi) is 6.65. The van der Waals surface area contributed by atoms with Crippen molar-refractivity contribution in [2.45, 2.75) is 43.2 Å². The molecule has 0 bridgehead atoms. The number of amides is 2. The molecule has 8 nitrogen and oxygen atoms in total. The highest BCUT2D eigenvalue weighted by molar-refractivity contribution is 5.87. The predicted molar refractivity (Wildman–Crippen MR) is 121 cm³/mol. The summed E-state index contributed by atoms with van der Waals surface area (Å²) in [6, 6.07) is 15.0. The Labute approximate surface area is 192 Å². The number of carbonyl (C=O) groups is 3. The molecule has 2 aliphatic rings. The van der Waals surface area contributed by atoms with Crippen molar-refractivity contribution in [1.82, 2.24) is 10.6 Å². The van der Waals surface area contributed by atoms with Gasteiger partial charge in [-0.1, -0.05) is 48.5 Å². The number of carbonyl (C=O) groups excluding carboxylic acids is 2. The second kappa shape index (κ2) is 9.62. The van der Waals surface area contributed by atoms with Gasteiger partial charge in [0.25, 0.3) is 0 Å². The maximum Gasteiger partial charge on any atom is 0.407 e. The number of benzene rings is 2. The largest absolute Gasteiger partial charge is 0.481 e. The van der Waals surface area contributed by atoms with E-state index in [1.165, 1.54) is 0 Å². The third-order valence-electron chi connectivity index (χ3n) is 6.26. The molecule has 174 valence electrons. The minimum atomic E-state index is -1.04. The van der Waals surface area contributed by atoms with Gasteiger partial charge in [0.2, 0.25) is 5.91 Å². The third-order valence-corrected chi connectivity index (χ3v) is 6.26. The third kappa shape index (κ3) is 5.17. The van der Waals surface area contributed by atoms with Crippen molar-refractivity contribution in [3.63, 3.8) is 0 Å². The molecule has 2 aromatic rings. The number of alkyl carbamates (subject to hydrolysis) is 1. The smallest absolute Gasteiger partial charge is 0.407 e. The number of hydrogen-bond donors (Lipinski definition) is 3. The quantitative estimate of drug-likeness (QED) is 0.511. The number of fused-ring (bicyclic) bond motifs is 3. The van der Waals surface area contributed by atoms with E-state index in [-0.39, 0.29) is 25.4 Å². The van der Waals surface area contributed by atoms with Crippen LogP contribution in [0.4, 0.5) is 4.79 Å². The van der Waals surface area contributed by atoms with Crippen LogP contribution in [0.25, 0.3) is 11.1 Å². The standard InChI is InChI=1S/C25H28N2O6/c1-32-15-25(12-13-25)27-23(30)21(10-11-22(28)29)26-24(31)33-14-20-18-8-4-2-6-16(18)17-7-3-5-9-19(17)20/h2-9,20-21H,10-15H2,1H3,(H,26,31)(H,27,30)(H,28,29). The number of hydrogen-bond acceptors (Lipinski definition) is 5. The number of nitrogens with one attached hydrogen (secondary N) is 2. The maximum absolute atomic E-state index is 12.8. The van der Waals surface area contributed by atoms with Crippen LogP contribution in [-0.4, -0.2) is 55.0 Å². The summed E-state index contributed by atoms with van der Waals surface area (Å²) in [5.74, 6) is -1.58. The van der Waals surface area contributed by atoms with Crippen LogP contribution < -0.4 is 10.6 Å². The topological polar surface area (TPSA) is 114 Å². The first-order valence-corrected chi connectivity index (χ1v) is 11.1. The van der Waals surface area contributed by atoms with E-state index in [1.807, 2.05) is 48.5 Å². The molecule has 1 unspecified atom stereocenters. The molecule has 2 aromatic carbocycles. The lowest BCUT2D eigenvalue weighted by atomic mass is 9.98. The first kappa shape index (κ1) is 22.8. The fourth-order valence-corrected chi connectivity index (χ4v) is 4.40. The first-order valence-electron chi connectivity index (χ1n) is 11.1. The molecule has 0 aliphatic heterocycles. The Morgan fingerprint density at radius 3 is 2.21 bits per heavy atom. The van der Waals surface area contributed by atoms with Gasteiger partial charge in [-0.15, -0.1) is 0 Å². The van der Waals surface area contributed by atoms with Gasteiger partial charge < -0.3 is 25.2 Å². The lowest BCUT2D eigenvalue weighted by Gasteiger charge is -2.23. The van der Waals surface area contributed by atoms with Crippen LogP contribution in [0.5, 0.6) is 0 Å². The van der Waals surface area contributed by atoms with E-state index >= 15 is 0 Å². The van der Waals surface area contributed by atoms with Gasteiger partial charge in [-0.05, 0) is 41.5 Å². The van der Waals surface area contributed by atoms with Crippen LogP contribution >= 0.6 is 0 Å². The van der Waals surface area contributed by atoms with E-state index in [4.69, 9.17) is 14.6 Å². The van der Waals surface area contributed by atoms with E-state index in [9.17, 15) is 14.4 Å². The fourth-order valence-electron chi connectivity index (χ4n) is 4.40. The van der Waals surface area contributed by atoms with Crippen molar-refractivity contribution >= 4 is 18.0 Å². The van der Waals surface area contributed by atoms with Crippen molar-refractivity contribution in [3.05, 3.63) is 59.7 Å².